The highest BCUT2D eigenvalue weighted by Gasteiger charge is 2.28. The number of amides is 1. The van der Waals surface area contributed by atoms with E-state index in [-0.39, 0.29) is 19.1 Å². The van der Waals surface area contributed by atoms with Crippen LogP contribution in [0.25, 0.3) is 0 Å². The zero-order valence-electron chi connectivity index (χ0n) is 10.9. The van der Waals surface area contributed by atoms with E-state index in [1.165, 1.54) is 4.90 Å². The van der Waals surface area contributed by atoms with Crippen molar-refractivity contribution in [3.05, 3.63) is 24.3 Å². The molecule has 1 heterocycles. The zero-order chi connectivity index (χ0) is 13.7. The van der Waals surface area contributed by atoms with Crippen molar-refractivity contribution < 1.29 is 14.6 Å². The molecule has 2 rings (SSSR count). The molecule has 1 saturated heterocycles. The Balaban J connectivity index is 2.19. The van der Waals surface area contributed by atoms with Gasteiger partial charge in [0.25, 0.3) is 5.91 Å². The van der Waals surface area contributed by atoms with E-state index in [0.717, 1.165) is 19.3 Å². The number of anilines is 2. The largest absolute Gasteiger partial charge is 0.397 e. The minimum absolute atomic E-state index is 0.104. The maximum atomic E-state index is 12.5. The molecule has 104 valence electrons. The number of hydrogen-bond donors (Lipinski definition) is 2. The van der Waals surface area contributed by atoms with E-state index >= 15 is 0 Å². The Morgan fingerprint density at radius 1 is 1.42 bits per heavy atom. The third-order valence-corrected chi connectivity index (χ3v) is 3.27. The minimum Gasteiger partial charge on any atom is -0.397 e. The molecule has 0 spiro atoms. The van der Waals surface area contributed by atoms with Gasteiger partial charge in [-0.05, 0) is 31.4 Å². The molecule has 1 aromatic carbocycles. The summed E-state index contributed by atoms with van der Waals surface area (Å²) in [4.78, 5) is 14.0. The Hall–Kier alpha value is -1.59. The van der Waals surface area contributed by atoms with Crippen molar-refractivity contribution >= 4 is 17.3 Å². The highest BCUT2D eigenvalue weighted by atomic mass is 16.5. The van der Waals surface area contributed by atoms with E-state index in [1.54, 1.807) is 12.1 Å². The summed E-state index contributed by atoms with van der Waals surface area (Å²) in [6.07, 6.45) is 2.30. The molecule has 5 heteroatoms. The lowest BCUT2D eigenvalue weighted by Crippen LogP contribution is -2.43. The Bertz CT molecular complexity index is 430. The minimum atomic E-state index is -0.417. The summed E-state index contributed by atoms with van der Waals surface area (Å²) in [7, 11) is 0. The van der Waals surface area contributed by atoms with Gasteiger partial charge in [-0.25, -0.2) is 0 Å². The molecule has 0 bridgehead atoms. The summed E-state index contributed by atoms with van der Waals surface area (Å²) in [5.74, 6) is -0.119. The smallest absolute Gasteiger partial charge is 0.256 e. The summed E-state index contributed by atoms with van der Waals surface area (Å²) < 4.78 is 5.51. The Morgan fingerprint density at radius 3 is 2.84 bits per heavy atom. The fourth-order valence-corrected chi connectivity index (χ4v) is 2.29. The molecule has 3 N–H and O–H groups in total. The fourth-order valence-electron chi connectivity index (χ4n) is 2.29. The SMILES string of the molecule is Nc1ccccc1N(CCO)C(=O)C1CCCCO1. The maximum absolute atomic E-state index is 12.5. The number of nitrogens with zero attached hydrogens (tertiary/aromatic N) is 1. The van der Waals surface area contributed by atoms with Gasteiger partial charge in [0.15, 0.2) is 0 Å². The van der Waals surface area contributed by atoms with Gasteiger partial charge >= 0.3 is 0 Å². The van der Waals surface area contributed by atoms with Crippen molar-refractivity contribution in [1.82, 2.24) is 0 Å². The van der Waals surface area contributed by atoms with Gasteiger partial charge in [-0.2, -0.15) is 0 Å². The number of nitrogen functional groups attached to an aromatic ring is 1. The summed E-state index contributed by atoms with van der Waals surface area (Å²) >= 11 is 0. The summed E-state index contributed by atoms with van der Waals surface area (Å²) in [5, 5.41) is 9.16. The van der Waals surface area contributed by atoms with Crippen LogP contribution in [-0.2, 0) is 9.53 Å². The van der Waals surface area contributed by atoms with Crippen LogP contribution >= 0.6 is 0 Å². The molecule has 1 fully saturated rings. The normalized spacial score (nSPS) is 19.1. The third-order valence-electron chi connectivity index (χ3n) is 3.27. The average molecular weight is 264 g/mol. The second kappa shape index (κ2) is 6.54. The molecular weight excluding hydrogens is 244 g/mol. The van der Waals surface area contributed by atoms with Gasteiger partial charge in [0, 0.05) is 13.2 Å². The summed E-state index contributed by atoms with van der Waals surface area (Å²) in [6, 6.07) is 7.17. The number of ether oxygens (including phenoxy) is 1. The van der Waals surface area contributed by atoms with E-state index in [2.05, 4.69) is 0 Å². The highest BCUT2D eigenvalue weighted by molar-refractivity contribution is 5.99. The molecular formula is C14H20N2O3. The predicted octanol–water partition coefficient (Wildman–Crippen LogP) is 1.16. The van der Waals surface area contributed by atoms with E-state index in [1.807, 2.05) is 12.1 Å². The van der Waals surface area contributed by atoms with Gasteiger partial charge in [-0.1, -0.05) is 12.1 Å². The lowest BCUT2D eigenvalue weighted by Gasteiger charge is -2.29. The molecule has 1 unspecified atom stereocenters. The van der Waals surface area contributed by atoms with Gasteiger partial charge in [0.2, 0.25) is 0 Å². The number of hydrogen-bond acceptors (Lipinski definition) is 4. The molecule has 1 amide bonds. The molecule has 1 atom stereocenters. The van der Waals surface area contributed by atoms with Gasteiger partial charge in [0.1, 0.15) is 6.10 Å². The summed E-state index contributed by atoms with van der Waals surface area (Å²) in [5.41, 5.74) is 7.07. The van der Waals surface area contributed by atoms with Crippen LogP contribution in [0, 0.1) is 0 Å². The number of para-hydroxylation sites is 2. The first-order valence-electron chi connectivity index (χ1n) is 6.62. The Kier molecular flexibility index (Phi) is 4.76. The van der Waals surface area contributed by atoms with Crippen molar-refractivity contribution in [2.24, 2.45) is 0 Å². The zero-order valence-corrected chi connectivity index (χ0v) is 10.9. The van der Waals surface area contributed by atoms with E-state index in [0.29, 0.717) is 18.0 Å². The van der Waals surface area contributed by atoms with Crippen LogP contribution in [0.5, 0.6) is 0 Å². The quantitative estimate of drug-likeness (QED) is 0.800. The predicted molar refractivity (Wildman–Crippen MR) is 73.9 cm³/mol. The summed E-state index contributed by atoms with van der Waals surface area (Å²) in [6.45, 7) is 0.743. The lowest BCUT2D eigenvalue weighted by atomic mass is 10.1. The Morgan fingerprint density at radius 2 is 2.21 bits per heavy atom. The van der Waals surface area contributed by atoms with Crippen LogP contribution in [-0.4, -0.2) is 36.9 Å². The van der Waals surface area contributed by atoms with Gasteiger partial charge in [-0.15, -0.1) is 0 Å². The van der Waals surface area contributed by atoms with Crippen molar-refractivity contribution in [2.45, 2.75) is 25.4 Å². The second-order valence-corrected chi connectivity index (χ2v) is 4.63. The van der Waals surface area contributed by atoms with Crippen molar-refractivity contribution in [1.29, 1.82) is 0 Å². The maximum Gasteiger partial charge on any atom is 0.256 e. The molecule has 0 aromatic heterocycles. The van der Waals surface area contributed by atoms with Crippen LogP contribution in [0.4, 0.5) is 11.4 Å². The molecule has 19 heavy (non-hydrogen) atoms. The molecule has 0 aliphatic carbocycles. The van der Waals surface area contributed by atoms with E-state index in [9.17, 15) is 4.79 Å². The average Bonchev–Trinajstić information content (AvgIpc) is 2.46. The topological polar surface area (TPSA) is 75.8 Å². The fraction of sp³-hybridized carbons (Fsp3) is 0.500. The molecule has 1 aliphatic rings. The lowest BCUT2D eigenvalue weighted by molar-refractivity contribution is -0.132. The van der Waals surface area contributed by atoms with Crippen LogP contribution in [0.1, 0.15) is 19.3 Å². The monoisotopic (exact) mass is 264 g/mol. The highest BCUT2D eigenvalue weighted by Crippen LogP contribution is 2.25. The third kappa shape index (κ3) is 3.24. The first kappa shape index (κ1) is 13.8. The number of carbonyl (C=O) groups is 1. The van der Waals surface area contributed by atoms with Crippen LogP contribution in [0.3, 0.4) is 0 Å². The second-order valence-electron chi connectivity index (χ2n) is 4.63. The number of nitrogens with two attached hydrogens (primary N) is 1. The molecule has 1 aliphatic heterocycles. The number of aliphatic hydroxyl groups excluding tert-OH is 1. The standard InChI is InChI=1S/C14H20N2O3/c15-11-5-1-2-6-12(11)16(8-9-17)14(18)13-7-3-4-10-19-13/h1-2,5-6,13,17H,3-4,7-10,15H2. The van der Waals surface area contributed by atoms with E-state index < -0.39 is 6.10 Å². The van der Waals surface area contributed by atoms with Crippen LogP contribution in [0.15, 0.2) is 24.3 Å². The van der Waals surface area contributed by atoms with Gasteiger partial charge in [-0.3, -0.25) is 4.79 Å². The van der Waals surface area contributed by atoms with Crippen molar-refractivity contribution in [3.8, 4) is 0 Å². The van der Waals surface area contributed by atoms with Crippen LogP contribution in [0.2, 0.25) is 0 Å². The first-order chi connectivity index (χ1) is 9.24. The Labute approximate surface area is 113 Å². The number of aliphatic hydroxyl groups is 1. The van der Waals surface area contributed by atoms with E-state index in [4.69, 9.17) is 15.6 Å². The van der Waals surface area contributed by atoms with Crippen molar-refractivity contribution in [3.63, 3.8) is 0 Å². The molecule has 1 aromatic rings. The number of rotatable bonds is 4. The van der Waals surface area contributed by atoms with Gasteiger partial charge in [0.05, 0.1) is 18.0 Å². The van der Waals surface area contributed by atoms with Crippen LogP contribution < -0.4 is 10.6 Å². The van der Waals surface area contributed by atoms with Gasteiger partial charge < -0.3 is 20.5 Å². The number of benzene rings is 1. The molecule has 0 saturated carbocycles. The first-order valence-corrected chi connectivity index (χ1v) is 6.62. The van der Waals surface area contributed by atoms with Crippen molar-refractivity contribution in [2.75, 3.05) is 30.4 Å². The molecule has 0 radical (unpaired) electrons. The number of carbonyl (C=O) groups excluding carboxylic acids is 1. The molecule has 5 nitrogen and oxygen atoms in total.